The number of hydrogen-bond acceptors (Lipinski definition) is 2. The molecule has 0 radical (unpaired) electrons. The fourth-order valence-corrected chi connectivity index (χ4v) is 2.93. The standard InChI is InChI=1S/C12H19N3/c1-12(2)6-5-9-11(12)14-10-4-3-8(13)7-15(9)10/h8H,3-7,13H2,1-2H3. The van der Waals surface area contributed by atoms with Gasteiger partial charge in [0, 0.05) is 30.1 Å². The van der Waals surface area contributed by atoms with E-state index in [1.54, 1.807) is 0 Å². The number of nitrogens with zero attached hydrogens (tertiary/aromatic N) is 2. The van der Waals surface area contributed by atoms with Gasteiger partial charge in [-0.3, -0.25) is 0 Å². The van der Waals surface area contributed by atoms with Crippen molar-refractivity contribution in [1.29, 1.82) is 0 Å². The molecular formula is C12H19N3. The first kappa shape index (κ1) is 9.40. The zero-order valence-corrected chi connectivity index (χ0v) is 9.58. The van der Waals surface area contributed by atoms with Gasteiger partial charge in [0.1, 0.15) is 5.82 Å². The smallest absolute Gasteiger partial charge is 0.109 e. The maximum absolute atomic E-state index is 6.02. The fourth-order valence-electron chi connectivity index (χ4n) is 2.93. The third-order valence-corrected chi connectivity index (χ3v) is 3.94. The quantitative estimate of drug-likeness (QED) is 0.695. The van der Waals surface area contributed by atoms with E-state index in [0.29, 0.717) is 6.04 Å². The van der Waals surface area contributed by atoms with Gasteiger partial charge in [0.15, 0.2) is 0 Å². The first-order chi connectivity index (χ1) is 7.08. The number of fused-ring (bicyclic) bond motifs is 3. The molecule has 1 aliphatic heterocycles. The number of imidazole rings is 1. The van der Waals surface area contributed by atoms with Gasteiger partial charge in [-0.05, 0) is 19.3 Å². The van der Waals surface area contributed by atoms with Crippen LogP contribution in [0.2, 0.25) is 0 Å². The summed E-state index contributed by atoms with van der Waals surface area (Å²) in [6, 6.07) is 0.333. The van der Waals surface area contributed by atoms with Crippen LogP contribution in [-0.2, 0) is 24.8 Å². The minimum Gasteiger partial charge on any atom is -0.330 e. The predicted octanol–water partition coefficient (Wildman–Crippen LogP) is 1.38. The van der Waals surface area contributed by atoms with E-state index in [1.807, 2.05) is 0 Å². The third kappa shape index (κ3) is 1.26. The Balaban J connectivity index is 2.10. The molecule has 1 unspecified atom stereocenters. The molecule has 15 heavy (non-hydrogen) atoms. The van der Waals surface area contributed by atoms with Gasteiger partial charge in [-0.1, -0.05) is 13.8 Å². The Labute approximate surface area is 90.7 Å². The van der Waals surface area contributed by atoms with Gasteiger partial charge < -0.3 is 10.3 Å². The van der Waals surface area contributed by atoms with Crippen LogP contribution >= 0.6 is 0 Å². The fraction of sp³-hybridized carbons (Fsp3) is 0.750. The molecular weight excluding hydrogens is 186 g/mol. The number of rotatable bonds is 0. The molecule has 0 amide bonds. The van der Waals surface area contributed by atoms with Gasteiger partial charge in [-0.25, -0.2) is 4.98 Å². The molecule has 2 N–H and O–H groups in total. The summed E-state index contributed by atoms with van der Waals surface area (Å²) in [5, 5.41) is 0. The van der Waals surface area contributed by atoms with Crippen molar-refractivity contribution in [3.63, 3.8) is 0 Å². The van der Waals surface area contributed by atoms with Crippen molar-refractivity contribution in [2.45, 2.75) is 57.5 Å². The normalized spacial score (nSPS) is 27.5. The molecule has 3 nitrogen and oxygen atoms in total. The van der Waals surface area contributed by atoms with Crippen LogP contribution in [0.25, 0.3) is 0 Å². The number of aryl methyl sites for hydroxylation is 1. The van der Waals surface area contributed by atoms with Crippen molar-refractivity contribution >= 4 is 0 Å². The molecule has 2 heterocycles. The topological polar surface area (TPSA) is 43.8 Å². The van der Waals surface area contributed by atoms with Gasteiger partial charge >= 0.3 is 0 Å². The van der Waals surface area contributed by atoms with Crippen LogP contribution in [0.3, 0.4) is 0 Å². The highest BCUT2D eigenvalue weighted by atomic mass is 15.1. The summed E-state index contributed by atoms with van der Waals surface area (Å²) in [4.78, 5) is 4.83. The van der Waals surface area contributed by atoms with Crippen LogP contribution in [0.5, 0.6) is 0 Å². The Morgan fingerprint density at radius 1 is 1.40 bits per heavy atom. The SMILES string of the molecule is CC1(C)CCc2c1nc1n2CC(N)CC1. The number of hydrogen-bond donors (Lipinski definition) is 1. The lowest BCUT2D eigenvalue weighted by Gasteiger charge is -2.21. The molecule has 82 valence electrons. The second-order valence-corrected chi connectivity index (χ2v) is 5.62. The molecule has 1 aromatic heterocycles. The highest BCUT2D eigenvalue weighted by molar-refractivity contribution is 5.31. The maximum atomic E-state index is 6.02. The lowest BCUT2D eigenvalue weighted by atomic mass is 9.91. The Bertz CT molecular complexity index is 403. The van der Waals surface area contributed by atoms with Crippen molar-refractivity contribution in [1.82, 2.24) is 9.55 Å². The third-order valence-electron chi connectivity index (χ3n) is 3.94. The van der Waals surface area contributed by atoms with E-state index < -0.39 is 0 Å². The first-order valence-corrected chi connectivity index (χ1v) is 5.92. The monoisotopic (exact) mass is 205 g/mol. The summed E-state index contributed by atoms with van der Waals surface area (Å²) in [5.41, 5.74) is 9.11. The number of aromatic nitrogens is 2. The first-order valence-electron chi connectivity index (χ1n) is 5.92. The molecule has 0 fully saturated rings. The van der Waals surface area contributed by atoms with E-state index in [1.165, 1.54) is 30.1 Å². The van der Waals surface area contributed by atoms with Crippen molar-refractivity contribution in [3.05, 3.63) is 17.2 Å². The zero-order chi connectivity index (χ0) is 10.6. The molecule has 0 spiro atoms. The van der Waals surface area contributed by atoms with Crippen molar-refractivity contribution in [2.75, 3.05) is 0 Å². The molecule has 3 heteroatoms. The van der Waals surface area contributed by atoms with Crippen molar-refractivity contribution < 1.29 is 0 Å². The minimum atomic E-state index is 0.282. The van der Waals surface area contributed by atoms with E-state index in [2.05, 4.69) is 18.4 Å². The average molecular weight is 205 g/mol. The van der Waals surface area contributed by atoms with E-state index in [4.69, 9.17) is 10.7 Å². The van der Waals surface area contributed by atoms with Gasteiger partial charge in [-0.15, -0.1) is 0 Å². The Morgan fingerprint density at radius 2 is 2.20 bits per heavy atom. The summed E-state index contributed by atoms with van der Waals surface area (Å²) in [7, 11) is 0. The molecule has 1 atom stereocenters. The van der Waals surface area contributed by atoms with Gasteiger partial charge in [-0.2, -0.15) is 0 Å². The number of nitrogens with two attached hydrogens (primary N) is 1. The summed E-state index contributed by atoms with van der Waals surface area (Å²) in [5.74, 6) is 1.27. The van der Waals surface area contributed by atoms with E-state index in [9.17, 15) is 0 Å². The van der Waals surface area contributed by atoms with E-state index in [0.717, 1.165) is 19.4 Å². The second kappa shape index (κ2) is 2.85. The molecule has 3 rings (SSSR count). The average Bonchev–Trinajstić information content (AvgIpc) is 2.66. The molecule has 0 bridgehead atoms. The lowest BCUT2D eigenvalue weighted by Crippen LogP contribution is -2.32. The Morgan fingerprint density at radius 3 is 3.00 bits per heavy atom. The van der Waals surface area contributed by atoms with Gasteiger partial charge in [0.05, 0.1) is 5.69 Å². The second-order valence-electron chi connectivity index (χ2n) is 5.62. The van der Waals surface area contributed by atoms with Gasteiger partial charge in [0.2, 0.25) is 0 Å². The van der Waals surface area contributed by atoms with E-state index >= 15 is 0 Å². The van der Waals surface area contributed by atoms with Gasteiger partial charge in [0.25, 0.3) is 0 Å². The molecule has 0 saturated heterocycles. The molecule has 2 aliphatic rings. The van der Waals surface area contributed by atoms with Crippen molar-refractivity contribution in [3.8, 4) is 0 Å². The Kier molecular flexibility index (Phi) is 1.78. The lowest BCUT2D eigenvalue weighted by molar-refractivity contribution is 0.437. The summed E-state index contributed by atoms with van der Waals surface area (Å²) >= 11 is 0. The van der Waals surface area contributed by atoms with Crippen LogP contribution in [-0.4, -0.2) is 15.6 Å². The van der Waals surface area contributed by atoms with Crippen molar-refractivity contribution in [2.24, 2.45) is 5.73 Å². The highest BCUT2D eigenvalue weighted by Gasteiger charge is 2.36. The Hall–Kier alpha value is -0.830. The molecule has 1 aliphatic carbocycles. The van der Waals surface area contributed by atoms with Crippen LogP contribution in [0.4, 0.5) is 0 Å². The molecule has 0 aromatic carbocycles. The summed E-state index contributed by atoms with van der Waals surface area (Å²) in [6.45, 7) is 5.59. The van der Waals surface area contributed by atoms with Crippen LogP contribution in [0.1, 0.15) is 43.9 Å². The van der Waals surface area contributed by atoms with Crippen LogP contribution in [0.15, 0.2) is 0 Å². The largest absolute Gasteiger partial charge is 0.330 e. The minimum absolute atomic E-state index is 0.282. The highest BCUT2D eigenvalue weighted by Crippen LogP contribution is 2.39. The summed E-state index contributed by atoms with van der Waals surface area (Å²) in [6.07, 6.45) is 4.57. The summed E-state index contributed by atoms with van der Waals surface area (Å²) < 4.78 is 2.39. The molecule has 1 aromatic rings. The maximum Gasteiger partial charge on any atom is 0.109 e. The molecule has 0 saturated carbocycles. The van der Waals surface area contributed by atoms with E-state index in [-0.39, 0.29) is 5.41 Å². The zero-order valence-electron chi connectivity index (χ0n) is 9.58. The van der Waals surface area contributed by atoms with Crippen LogP contribution in [0, 0.1) is 0 Å². The van der Waals surface area contributed by atoms with Crippen LogP contribution < -0.4 is 5.73 Å². The predicted molar refractivity (Wildman–Crippen MR) is 59.9 cm³/mol.